The highest BCUT2D eigenvalue weighted by Gasteiger charge is 2.49. The molecule has 1 saturated carbocycles. The second kappa shape index (κ2) is 10.3. The van der Waals surface area contributed by atoms with Crippen molar-refractivity contribution >= 4 is 29.0 Å². The summed E-state index contributed by atoms with van der Waals surface area (Å²) in [5, 5.41) is 1.80. The first kappa shape index (κ1) is 28.0. The van der Waals surface area contributed by atoms with Crippen molar-refractivity contribution < 1.29 is 45.1 Å². The number of ether oxygens (including phenoxy) is 1. The molecule has 0 unspecified atom stereocenters. The van der Waals surface area contributed by atoms with E-state index in [1.54, 1.807) is 0 Å². The largest absolute Gasteiger partial charge is 0.461 e. The molecule has 0 aromatic carbocycles. The lowest BCUT2D eigenvalue weighted by Crippen LogP contribution is -2.38. The smallest absolute Gasteiger partial charge is 0.408 e. The highest BCUT2D eigenvalue weighted by molar-refractivity contribution is 7.17. The van der Waals surface area contributed by atoms with Crippen LogP contribution >= 0.6 is 11.3 Å². The number of alkyl halides is 7. The molecule has 2 fully saturated rings. The molecule has 1 amide bonds. The predicted octanol–water partition coefficient (Wildman–Crippen LogP) is 5.94. The van der Waals surface area contributed by atoms with Gasteiger partial charge in [-0.2, -0.15) is 13.2 Å². The second-order valence-electron chi connectivity index (χ2n) is 9.22. The lowest BCUT2D eigenvalue weighted by molar-refractivity contribution is -0.146. The van der Waals surface area contributed by atoms with E-state index in [2.05, 4.69) is 15.3 Å². The van der Waals surface area contributed by atoms with Crippen molar-refractivity contribution in [1.29, 1.82) is 0 Å². The van der Waals surface area contributed by atoms with Crippen molar-refractivity contribution in [1.82, 2.24) is 14.9 Å². The summed E-state index contributed by atoms with van der Waals surface area (Å²) in [6, 6.07) is -2.13. The number of pyridine rings is 1. The third-order valence-electron chi connectivity index (χ3n) is 6.23. The van der Waals surface area contributed by atoms with Gasteiger partial charge in [0, 0.05) is 29.8 Å². The molecule has 0 radical (unpaired) electrons. The van der Waals surface area contributed by atoms with Crippen molar-refractivity contribution in [3.63, 3.8) is 0 Å². The van der Waals surface area contributed by atoms with Crippen LogP contribution in [0.25, 0.3) is 10.4 Å². The van der Waals surface area contributed by atoms with Gasteiger partial charge in [0.15, 0.2) is 0 Å². The number of carbonyl (C=O) groups excluding carboxylic acids is 2. The van der Waals surface area contributed by atoms with Gasteiger partial charge in [0.25, 0.3) is 18.3 Å². The van der Waals surface area contributed by atoms with Crippen LogP contribution in [0.4, 0.5) is 36.6 Å². The quantitative estimate of drug-likeness (QED) is 0.314. The highest BCUT2D eigenvalue weighted by atomic mass is 32.1. The molecular weight excluding hydrogens is 545 g/mol. The molecule has 4 rings (SSSR count). The maximum atomic E-state index is 14.1. The molecule has 3 heterocycles. The van der Waals surface area contributed by atoms with Crippen molar-refractivity contribution in [2.24, 2.45) is 5.92 Å². The van der Waals surface area contributed by atoms with Crippen LogP contribution < -0.4 is 5.32 Å². The first-order valence-corrected chi connectivity index (χ1v) is 12.5. The van der Waals surface area contributed by atoms with Crippen LogP contribution in [0.5, 0.6) is 0 Å². The minimum absolute atomic E-state index is 0.0576. The maximum Gasteiger partial charge on any atom is 0.408 e. The van der Waals surface area contributed by atoms with Gasteiger partial charge in [-0.05, 0) is 38.7 Å². The summed E-state index contributed by atoms with van der Waals surface area (Å²) >= 11 is 0.525. The fourth-order valence-corrected chi connectivity index (χ4v) is 5.31. The van der Waals surface area contributed by atoms with E-state index < -0.39 is 78.4 Å². The molecule has 2 aliphatic rings. The van der Waals surface area contributed by atoms with E-state index in [-0.39, 0.29) is 22.1 Å². The molecule has 0 spiro atoms. The molecule has 7 nitrogen and oxygen atoms in total. The van der Waals surface area contributed by atoms with Gasteiger partial charge in [0.1, 0.15) is 17.6 Å². The van der Waals surface area contributed by atoms with Gasteiger partial charge in [0.2, 0.25) is 5.01 Å². The van der Waals surface area contributed by atoms with Crippen LogP contribution in [0.1, 0.15) is 65.4 Å². The summed E-state index contributed by atoms with van der Waals surface area (Å²) in [5.41, 5.74) is -1.67. The van der Waals surface area contributed by atoms with Crippen LogP contribution in [0.3, 0.4) is 0 Å². The Morgan fingerprint density at radius 1 is 1.29 bits per heavy atom. The summed E-state index contributed by atoms with van der Waals surface area (Å²) < 4.78 is 101. The minimum atomic E-state index is -4.63. The van der Waals surface area contributed by atoms with E-state index in [1.807, 2.05) is 0 Å². The van der Waals surface area contributed by atoms with Crippen molar-refractivity contribution in [2.45, 2.75) is 63.7 Å². The lowest BCUT2D eigenvalue weighted by atomic mass is 10.1. The number of hydrogen-bond donors (Lipinski definition) is 1. The number of hydrogen-bond acceptors (Lipinski definition) is 7. The zero-order chi connectivity index (χ0) is 28.0. The predicted molar refractivity (Wildman–Crippen MR) is 123 cm³/mol. The van der Waals surface area contributed by atoms with Gasteiger partial charge in [-0.15, -0.1) is 11.3 Å². The summed E-state index contributed by atoms with van der Waals surface area (Å²) in [6.07, 6.45) is -6.96. The number of nitrogens with one attached hydrogen (secondary N) is 1. The fraction of sp³-hybridized carbons (Fsp3) is 0.565. The Bertz CT molecular complexity index is 1220. The second-order valence-corrected chi connectivity index (χ2v) is 10.2. The number of amides is 1. The van der Waals surface area contributed by atoms with E-state index in [9.17, 15) is 40.3 Å². The van der Waals surface area contributed by atoms with Crippen LogP contribution in [-0.4, -0.2) is 64.1 Å². The first-order chi connectivity index (χ1) is 17.7. The number of carbonyl (C=O) groups is 2. The number of halogens is 7. The molecule has 2 aromatic rings. The van der Waals surface area contributed by atoms with Gasteiger partial charge in [-0.1, -0.05) is 0 Å². The van der Waals surface area contributed by atoms with Gasteiger partial charge >= 0.3 is 12.1 Å². The van der Waals surface area contributed by atoms with E-state index >= 15 is 0 Å². The number of nitrogens with zero attached hydrogens (tertiary/aromatic N) is 3. The number of esters is 1. The summed E-state index contributed by atoms with van der Waals surface area (Å²) in [6.45, 7) is 1.91. The van der Waals surface area contributed by atoms with Crippen LogP contribution in [-0.2, 0) is 4.74 Å². The van der Waals surface area contributed by atoms with E-state index in [1.165, 1.54) is 13.8 Å². The van der Waals surface area contributed by atoms with E-state index in [0.29, 0.717) is 24.2 Å². The van der Waals surface area contributed by atoms with Crippen molar-refractivity contribution in [3.05, 3.63) is 28.5 Å². The molecule has 1 aliphatic carbocycles. The van der Waals surface area contributed by atoms with Gasteiger partial charge < -0.3 is 15.0 Å². The third kappa shape index (κ3) is 5.86. The normalized spacial score (nSPS) is 20.1. The molecule has 1 aliphatic heterocycles. The van der Waals surface area contributed by atoms with Crippen LogP contribution in [0, 0.1) is 5.92 Å². The Balaban J connectivity index is 1.76. The van der Waals surface area contributed by atoms with E-state index in [4.69, 9.17) is 4.74 Å². The monoisotopic (exact) mass is 568 g/mol. The summed E-state index contributed by atoms with van der Waals surface area (Å²) in [7, 11) is 0. The molecule has 208 valence electrons. The molecule has 38 heavy (non-hydrogen) atoms. The summed E-state index contributed by atoms with van der Waals surface area (Å²) in [5.74, 6) is -6.29. The topological polar surface area (TPSA) is 84.4 Å². The Morgan fingerprint density at radius 2 is 1.97 bits per heavy atom. The lowest BCUT2D eigenvalue weighted by Gasteiger charge is -2.23. The van der Waals surface area contributed by atoms with Gasteiger partial charge in [-0.25, -0.2) is 32.3 Å². The molecule has 1 N–H and O–H groups in total. The number of likely N-dealkylation sites (tertiary alicyclic amines) is 1. The zero-order valence-corrected chi connectivity index (χ0v) is 20.9. The molecule has 0 bridgehead atoms. The summed E-state index contributed by atoms with van der Waals surface area (Å²) in [4.78, 5) is 33.9. The molecule has 2 atom stereocenters. The Kier molecular flexibility index (Phi) is 7.60. The van der Waals surface area contributed by atoms with Crippen LogP contribution in [0.2, 0.25) is 0 Å². The number of rotatable bonds is 8. The standard InChI is InChI=1S/C23H23F7N4O3S/c1-3-37-21(36)19-33-15(20(35)34-9-22(26,27)7-10(34)2)16(38-19)13-8-31-14(6-12(13)18(24)25)32-17(11-4-5-11)23(28,29)30/h6,8,10-11,17-18H,3-5,7,9H2,1-2H3,(H,31,32)/t10-,17-/m0/s1. The molecule has 2 aromatic heterocycles. The maximum absolute atomic E-state index is 14.1. The van der Waals surface area contributed by atoms with Crippen LogP contribution in [0.15, 0.2) is 12.3 Å². The van der Waals surface area contributed by atoms with Gasteiger partial charge in [-0.3, -0.25) is 4.79 Å². The fourth-order valence-electron chi connectivity index (χ4n) is 4.32. The van der Waals surface area contributed by atoms with E-state index in [0.717, 1.165) is 17.2 Å². The van der Waals surface area contributed by atoms with Gasteiger partial charge in [0.05, 0.1) is 18.0 Å². The average Bonchev–Trinajstić information content (AvgIpc) is 3.48. The molecule has 15 heteroatoms. The SMILES string of the molecule is CCOC(=O)c1nc(C(=O)N2CC(F)(F)C[C@@H]2C)c(-c2cnc(N[C@@H](C3CC3)C(F)(F)F)cc2C(F)F)s1. The van der Waals surface area contributed by atoms with Crippen molar-refractivity contribution in [2.75, 3.05) is 18.5 Å². The molecule has 1 saturated heterocycles. The number of thiazole rings is 1. The average molecular weight is 569 g/mol. The zero-order valence-electron chi connectivity index (χ0n) is 20.1. The Morgan fingerprint density at radius 3 is 2.50 bits per heavy atom. The number of anilines is 1. The third-order valence-corrected chi connectivity index (χ3v) is 7.30. The van der Waals surface area contributed by atoms with Crippen molar-refractivity contribution in [3.8, 4) is 10.4 Å². The molecular formula is C23H23F7N4O3S. The Labute approximate surface area is 216 Å². The number of aromatic nitrogens is 2. The Hall–Kier alpha value is -2.97. The highest BCUT2D eigenvalue weighted by Crippen LogP contribution is 2.43. The first-order valence-electron chi connectivity index (χ1n) is 11.7. The minimum Gasteiger partial charge on any atom is -0.461 e.